The molecule has 0 radical (unpaired) electrons. The van der Waals surface area contributed by atoms with Gasteiger partial charge in [-0.05, 0) is 24.6 Å². The van der Waals surface area contributed by atoms with Crippen LogP contribution in [0.4, 0.5) is 18.9 Å². The number of benzene rings is 1. The summed E-state index contributed by atoms with van der Waals surface area (Å²) in [6.45, 7) is 1.38. The van der Waals surface area contributed by atoms with Gasteiger partial charge in [0.1, 0.15) is 0 Å². The molecule has 18 heavy (non-hydrogen) atoms. The molecule has 0 aromatic heterocycles. The van der Waals surface area contributed by atoms with E-state index in [2.05, 4.69) is 5.32 Å². The number of halogens is 3. The molecule has 1 amide bonds. The summed E-state index contributed by atoms with van der Waals surface area (Å²) in [6, 6.07) is 4.39. The SMILES string of the molecule is CCC(CO)C(=O)Nc1cccc(C(F)(F)F)c1. The number of aliphatic hydroxyl groups is 1. The first kappa shape index (κ1) is 14.5. The molecule has 0 aliphatic carbocycles. The van der Waals surface area contributed by atoms with Crippen molar-refractivity contribution in [1.29, 1.82) is 0 Å². The molecule has 0 aliphatic rings. The lowest BCUT2D eigenvalue weighted by molar-refractivity contribution is -0.137. The third kappa shape index (κ3) is 3.73. The maximum atomic E-state index is 12.4. The lowest BCUT2D eigenvalue weighted by Gasteiger charge is -2.13. The van der Waals surface area contributed by atoms with Crippen LogP contribution in [0.5, 0.6) is 0 Å². The predicted molar refractivity (Wildman–Crippen MR) is 60.9 cm³/mol. The smallest absolute Gasteiger partial charge is 0.396 e. The van der Waals surface area contributed by atoms with Crippen LogP contribution < -0.4 is 5.32 Å². The number of aliphatic hydroxyl groups excluding tert-OH is 1. The van der Waals surface area contributed by atoms with Crippen LogP contribution in [0.3, 0.4) is 0 Å². The molecule has 3 nitrogen and oxygen atoms in total. The van der Waals surface area contributed by atoms with Gasteiger partial charge in [0.2, 0.25) is 5.91 Å². The number of carbonyl (C=O) groups excluding carboxylic acids is 1. The molecule has 100 valence electrons. The Balaban J connectivity index is 2.83. The van der Waals surface area contributed by atoms with Crippen molar-refractivity contribution in [2.75, 3.05) is 11.9 Å². The van der Waals surface area contributed by atoms with Crippen LogP contribution in [0.2, 0.25) is 0 Å². The number of alkyl halides is 3. The van der Waals surface area contributed by atoms with Crippen molar-refractivity contribution >= 4 is 11.6 Å². The van der Waals surface area contributed by atoms with Gasteiger partial charge in [-0.15, -0.1) is 0 Å². The second kappa shape index (κ2) is 5.86. The molecule has 1 aromatic rings. The second-order valence-electron chi connectivity index (χ2n) is 3.86. The van der Waals surface area contributed by atoms with E-state index in [0.717, 1.165) is 12.1 Å². The number of nitrogens with one attached hydrogen (secondary N) is 1. The van der Waals surface area contributed by atoms with Crippen LogP contribution in [0.15, 0.2) is 24.3 Å². The van der Waals surface area contributed by atoms with Gasteiger partial charge in [0, 0.05) is 5.69 Å². The topological polar surface area (TPSA) is 49.3 Å². The normalized spacial score (nSPS) is 13.2. The van der Waals surface area contributed by atoms with Crippen LogP contribution in [0, 0.1) is 5.92 Å². The number of rotatable bonds is 4. The highest BCUT2D eigenvalue weighted by atomic mass is 19.4. The summed E-state index contributed by atoms with van der Waals surface area (Å²) < 4.78 is 37.3. The van der Waals surface area contributed by atoms with Crippen LogP contribution in [0.25, 0.3) is 0 Å². The summed E-state index contributed by atoms with van der Waals surface area (Å²) in [5, 5.41) is 11.3. The van der Waals surface area contributed by atoms with E-state index in [4.69, 9.17) is 5.11 Å². The van der Waals surface area contributed by atoms with Crippen LogP contribution in [-0.4, -0.2) is 17.6 Å². The van der Waals surface area contributed by atoms with Crippen LogP contribution in [-0.2, 0) is 11.0 Å². The van der Waals surface area contributed by atoms with Crippen molar-refractivity contribution in [3.8, 4) is 0 Å². The highest BCUT2D eigenvalue weighted by molar-refractivity contribution is 5.92. The van der Waals surface area contributed by atoms with Gasteiger partial charge < -0.3 is 10.4 Å². The summed E-state index contributed by atoms with van der Waals surface area (Å²) in [5.41, 5.74) is -0.751. The predicted octanol–water partition coefficient (Wildman–Crippen LogP) is 2.66. The van der Waals surface area contributed by atoms with Gasteiger partial charge in [-0.1, -0.05) is 13.0 Å². The Hall–Kier alpha value is -1.56. The minimum absolute atomic E-state index is 0.0710. The Labute approximate surface area is 103 Å². The molecule has 0 bridgehead atoms. The molecule has 1 atom stereocenters. The van der Waals surface area contributed by atoms with Crippen LogP contribution in [0.1, 0.15) is 18.9 Å². The molecule has 1 aromatic carbocycles. The standard InChI is InChI=1S/C12H14F3NO2/c1-2-8(7-17)11(18)16-10-5-3-4-9(6-10)12(13,14)15/h3-6,8,17H,2,7H2,1H3,(H,16,18). The zero-order valence-corrected chi connectivity index (χ0v) is 9.79. The van der Waals surface area contributed by atoms with Crippen molar-refractivity contribution in [3.63, 3.8) is 0 Å². The Kier molecular flexibility index (Phi) is 4.72. The molecule has 0 fully saturated rings. The summed E-state index contributed by atoms with van der Waals surface area (Å²) >= 11 is 0. The zero-order chi connectivity index (χ0) is 13.8. The average Bonchev–Trinajstić information content (AvgIpc) is 2.29. The molecule has 1 unspecified atom stereocenters. The fourth-order valence-electron chi connectivity index (χ4n) is 1.42. The molecule has 0 aliphatic heterocycles. The van der Waals surface area contributed by atoms with Crippen molar-refractivity contribution in [2.45, 2.75) is 19.5 Å². The van der Waals surface area contributed by atoms with Crippen molar-refractivity contribution in [3.05, 3.63) is 29.8 Å². The first-order valence-electron chi connectivity index (χ1n) is 5.47. The first-order chi connectivity index (χ1) is 8.38. The third-order valence-electron chi connectivity index (χ3n) is 2.54. The quantitative estimate of drug-likeness (QED) is 0.875. The fraction of sp³-hybridized carbons (Fsp3) is 0.417. The van der Waals surface area contributed by atoms with Crippen LogP contribution >= 0.6 is 0 Å². The summed E-state index contributed by atoms with van der Waals surface area (Å²) in [6.07, 6.45) is -4.02. The Bertz CT molecular complexity index is 414. The lowest BCUT2D eigenvalue weighted by atomic mass is 10.1. The molecule has 0 saturated carbocycles. The maximum absolute atomic E-state index is 12.4. The molecule has 0 heterocycles. The first-order valence-corrected chi connectivity index (χ1v) is 5.47. The molecule has 1 rings (SSSR count). The minimum atomic E-state index is -4.44. The minimum Gasteiger partial charge on any atom is -0.396 e. The van der Waals surface area contributed by atoms with E-state index < -0.39 is 23.6 Å². The van der Waals surface area contributed by atoms with Gasteiger partial charge in [-0.2, -0.15) is 13.2 Å². The highest BCUT2D eigenvalue weighted by Gasteiger charge is 2.30. The number of carbonyl (C=O) groups is 1. The fourth-order valence-corrected chi connectivity index (χ4v) is 1.42. The van der Waals surface area contributed by atoms with Gasteiger partial charge in [0.15, 0.2) is 0 Å². The van der Waals surface area contributed by atoms with E-state index in [9.17, 15) is 18.0 Å². The third-order valence-corrected chi connectivity index (χ3v) is 2.54. The lowest BCUT2D eigenvalue weighted by Crippen LogP contribution is -2.25. The summed E-state index contributed by atoms with van der Waals surface area (Å²) in [4.78, 5) is 11.6. The number of amides is 1. The molecule has 2 N–H and O–H groups in total. The number of hydrogen-bond acceptors (Lipinski definition) is 2. The van der Waals surface area contributed by atoms with E-state index >= 15 is 0 Å². The van der Waals surface area contributed by atoms with E-state index in [0.29, 0.717) is 6.42 Å². The van der Waals surface area contributed by atoms with Crippen molar-refractivity contribution in [2.24, 2.45) is 5.92 Å². The summed E-state index contributed by atoms with van der Waals surface area (Å²) in [7, 11) is 0. The number of hydrogen-bond donors (Lipinski definition) is 2. The Morgan fingerprint density at radius 2 is 2.11 bits per heavy atom. The largest absolute Gasteiger partial charge is 0.416 e. The maximum Gasteiger partial charge on any atom is 0.416 e. The van der Waals surface area contributed by atoms with Gasteiger partial charge in [-0.25, -0.2) is 0 Å². The second-order valence-corrected chi connectivity index (χ2v) is 3.86. The average molecular weight is 261 g/mol. The van der Waals surface area contributed by atoms with Gasteiger partial charge in [0.05, 0.1) is 18.1 Å². The molecular weight excluding hydrogens is 247 g/mol. The van der Waals surface area contributed by atoms with Gasteiger partial charge in [-0.3, -0.25) is 4.79 Å². The molecule has 6 heteroatoms. The molecule has 0 spiro atoms. The number of anilines is 1. The van der Waals surface area contributed by atoms with E-state index in [1.165, 1.54) is 12.1 Å². The van der Waals surface area contributed by atoms with E-state index in [-0.39, 0.29) is 12.3 Å². The summed E-state index contributed by atoms with van der Waals surface area (Å²) in [5.74, 6) is -1.10. The Morgan fingerprint density at radius 3 is 2.61 bits per heavy atom. The van der Waals surface area contributed by atoms with Crippen molar-refractivity contribution in [1.82, 2.24) is 0 Å². The van der Waals surface area contributed by atoms with E-state index in [1.54, 1.807) is 6.92 Å². The molecule has 0 saturated heterocycles. The zero-order valence-electron chi connectivity index (χ0n) is 9.79. The van der Waals surface area contributed by atoms with Gasteiger partial charge >= 0.3 is 6.18 Å². The van der Waals surface area contributed by atoms with Crippen molar-refractivity contribution < 1.29 is 23.1 Å². The molecular formula is C12H14F3NO2. The van der Waals surface area contributed by atoms with Gasteiger partial charge in [0.25, 0.3) is 0 Å². The Morgan fingerprint density at radius 1 is 1.44 bits per heavy atom. The van der Waals surface area contributed by atoms with E-state index in [1.807, 2.05) is 0 Å². The monoisotopic (exact) mass is 261 g/mol. The highest BCUT2D eigenvalue weighted by Crippen LogP contribution is 2.30.